The van der Waals surface area contributed by atoms with Crippen LogP contribution in [-0.4, -0.2) is 5.91 Å². The van der Waals surface area contributed by atoms with E-state index in [1.807, 2.05) is 36.4 Å². The van der Waals surface area contributed by atoms with Crippen LogP contribution in [0.3, 0.4) is 0 Å². The van der Waals surface area contributed by atoms with E-state index in [0.717, 1.165) is 10.0 Å². The Balaban J connectivity index is 1.82. The van der Waals surface area contributed by atoms with Crippen LogP contribution in [0.15, 0.2) is 81.2 Å². The summed E-state index contributed by atoms with van der Waals surface area (Å²) in [5.41, 5.74) is 2.06. The second-order valence-electron chi connectivity index (χ2n) is 6.56. The Morgan fingerprint density at radius 2 is 1.81 bits per heavy atom. The zero-order chi connectivity index (χ0) is 22.2. The monoisotopic (exact) mass is 542 g/mol. The number of hydrogen-bond donors (Lipinski definition) is 1. The number of carbonyl (C=O) groups is 1. The fourth-order valence-corrected chi connectivity index (χ4v) is 4.17. The molecule has 0 saturated carbocycles. The van der Waals surface area contributed by atoms with Gasteiger partial charge in [0.25, 0.3) is 5.91 Å². The van der Waals surface area contributed by atoms with Crippen molar-refractivity contribution in [3.05, 3.63) is 104 Å². The van der Waals surface area contributed by atoms with E-state index >= 15 is 0 Å². The summed E-state index contributed by atoms with van der Waals surface area (Å²) in [6.45, 7) is 0.435. The molecule has 156 valence electrons. The van der Waals surface area contributed by atoms with E-state index in [1.54, 1.807) is 24.3 Å². The topological polar surface area (TPSA) is 62.1 Å². The molecule has 0 aromatic heterocycles. The largest absolute Gasteiger partial charge is 0.487 e. The van der Waals surface area contributed by atoms with Gasteiger partial charge in [0, 0.05) is 16.6 Å². The molecule has 0 heterocycles. The average molecular weight is 544 g/mol. The van der Waals surface area contributed by atoms with Gasteiger partial charge in [-0.05, 0) is 57.4 Å². The Morgan fingerprint density at radius 1 is 1.06 bits per heavy atom. The summed E-state index contributed by atoms with van der Waals surface area (Å²) in [6.07, 6.45) is 1.47. The Kier molecular flexibility index (Phi) is 7.99. The molecule has 3 aromatic rings. The van der Waals surface area contributed by atoms with Crippen molar-refractivity contribution in [1.29, 1.82) is 5.26 Å². The van der Waals surface area contributed by atoms with E-state index in [-0.39, 0.29) is 18.0 Å². The fraction of sp³-hybridized carbons (Fsp3) is 0.0833. The number of halogens is 3. The van der Waals surface area contributed by atoms with Gasteiger partial charge in [0.1, 0.15) is 29.8 Å². The SMILES string of the molecule is N#C/C(=C\c1cc(Br)cc(Br)c1OCc1cccc(F)c1)C(=O)NCc1ccccc1. The van der Waals surface area contributed by atoms with Crippen LogP contribution in [0, 0.1) is 17.1 Å². The second-order valence-corrected chi connectivity index (χ2v) is 8.33. The molecular weight excluding hydrogens is 527 g/mol. The molecule has 0 fully saturated rings. The van der Waals surface area contributed by atoms with Crippen molar-refractivity contribution < 1.29 is 13.9 Å². The molecule has 0 radical (unpaired) electrons. The molecule has 3 rings (SSSR count). The second kappa shape index (κ2) is 10.9. The maximum absolute atomic E-state index is 13.4. The molecule has 7 heteroatoms. The van der Waals surface area contributed by atoms with Crippen LogP contribution < -0.4 is 10.1 Å². The highest BCUT2D eigenvalue weighted by Gasteiger charge is 2.14. The molecular formula is C24H17Br2FN2O2. The molecule has 0 aliphatic heterocycles. The van der Waals surface area contributed by atoms with Gasteiger partial charge in [-0.2, -0.15) is 5.26 Å². The highest BCUT2D eigenvalue weighted by molar-refractivity contribution is 9.11. The normalized spacial score (nSPS) is 11.0. The Bertz CT molecular complexity index is 1160. The summed E-state index contributed by atoms with van der Waals surface area (Å²) < 4.78 is 20.7. The van der Waals surface area contributed by atoms with Gasteiger partial charge < -0.3 is 10.1 Å². The lowest BCUT2D eigenvalue weighted by Crippen LogP contribution is -2.23. The predicted molar refractivity (Wildman–Crippen MR) is 124 cm³/mol. The van der Waals surface area contributed by atoms with E-state index in [0.29, 0.717) is 27.9 Å². The van der Waals surface area contributed by atoms with Gasteiger partial charge in [0.2, 0.25) is 0 Å². The van der Waals surface area contributed by atoms with Crippen LogP contribution in [0.25, 0.3) is 6.08 Å². The van der Waals surface area contributed by atoms with Crippen LogP contribution in [0.1, 0.15) is 16.7 Å². The molecule has 0 aliphatic carbocycles. The smallest absolute Gasteiger partial charge is 0.262 e. The standard InChI is InChI=1S/C24H17Br2FN2O2/c25-20-11-18(10-19(13-28)24(30)29-14-16-5-2-1-3-6-16)23(22(26)12-20)31-15-17-7-4-8-21(27)9-17/h1-12H,14-15H2,(H,29,30)/b19-10+. The lowest BCUT2D eigenvalue weighted by atomic mass is 10.1. The number of benzene rings is 3. The van der Waals surface area contributed by atoms with Crippen LogP contribution >= 0.6 is 31.9 Å². The first-order chi connectivity index (χ1) is 15.0. The van der Waals surface area contributed by atoms with Crippen molar-refractivity contribution in [2.45, 2.75) is 13.2 Å². The number of hydrogen-bond acceptors (Lipinski definition) is 3. The molecule has 0 bridgehead atoms. The van der Waals surface area contributed by atoms with Gasteiger partial charge in [0.15, 0.2) is 0 Å². The molecule has 0 saturated heterocycles. The van der Waals surface area contributed by atoms with Crippen molar-refractivity contribution >= 4 is 43.8 Å². The number of carbonyl (C=O) groups excluding carboxylic acids is 1. The number of nitrogens with one attached hydrogen (secondary N) is 1. The van der Waals surface area contributed by atoms with Gasteiger partial charge in [-0.15, -0.1) is 0 Å². The van der Waals surface area contributed by atoms with Gasteiger partial charge >= 0.3 is 0 Å². The molecule has 0 spiro atoms. The maximum atomic E-state index is 13.4. The summed E-state index contributed by atoms with van der Waals surface area (Å²) in [4.78, 5) is 12.5. The van der Waals surface area contributed by atoms with E-state index in [1.165, 1.54) is 18.2 Å². The van der Waals surface area contributed by atoms with E-state index in [4.69, 9.17) is 4.74 Å². The minimum absolute atomic E-state index is 0.0588. The van der Waals surface area contributed by atoms with Gasteiger partial charge in [-0.3, -0.25) is 4.79 Å². The van der Waals surface area contributed by atoms with Crippen LogP contribution in [-0.2, 0) is 17.9 Å². The summed E-state index contributed by atoms with van der Waals surface area (Å²) in [7, 11) is 0. The number of nitrogens with zero attached hydrogens (tertiary/aromatic N) is 1. The lowest BCUT2D eigenvalue weighted by Gasteiger charge is -2.13. The van der Waals surface area contributed by atoms with Crippen LogP contribution in [0.5, 0.6) is 5.75 Å². The van der Waals surface area contributed by atoms with Gasteiger partial charge in [-0.25, -0.2) is 4.39 Å². The highest BCUT2D eigenvalue weighted by atomic mass is 79.9. The molecule has 1 amide bonds. The van der Waals surface area contributed by atoms with Gasteiger partial charge in [-0.1, -0.05) is 58.4 Å². The molecule has 0 unspecified atom stereocenters. The predicted octanol–water partition coefficient (Wildman–Crippen LogP) is 6.15. The number of ether oxygens (including phenoxy) is 1. The number of nitriles is 1. The Labute approximate surface area is 196 Å². The number of amides is 1. The van der Waals surface area contributed by atoms with E-state index in [9.17, 15) is 14.4 Å². The minimum Gasteiger partial charge on any atom is -0.487 e. The quantitative estimate of drug-likeness (QED) is 0.287. The first-order valence-electron chi connectivity index (χ1n) is 9.26. The zero-order valence-electron chi connectivity index (χ0n) is 16.2. The Morgan fingerprint density at radius 3 is 2.52 bits per heavy atom. The summed E-state index contributed by atoms with van der Waals surface area (Å²) in [6, 6.07) is 21.0. The molecule has 4 nitrogen and oxygen atoms in total. The van der Waals surface area contributed by atoms with E-state index < -0.39 is 5.91 Å². The van der Waals surface area contributed by atoms with Gasteiger partial charge in [0.05, 0.1) is 4.47 Å². The minimum atomic E-state index is -0.487. The fourth-order valence-electron chi connectivity index (χ4n) is 2.80. The molecule has 3 aromatic carbocycles. The maximum Gasteiger partial charge on any atom is 0.262 e. The van der Waals surface area contributed by atoms with Crippen molar-refractivity contribution in [1.82, 2.24) is 5.32 Å². The van der Waals surface area contributed by atoms with E-state index in [2.05, 4.69) is 37.2 Å². The third-order valence-electron chi connectivity index (χ3n) is 4.27. The molecule has 31 heavy (non-hydrogen) atoms. The summed E-state index contributed by atoms with van der Waals surface area (Å²) >= 11 is 6.87. The van der Waals surface area contributed by atoms with Crippen LogP contribution in [0.4, 0.5) is 4.39 Å². The summed E-state index contributed by atoms with van der Waals surface area (Å²) in [5.74, 6) is -0.396. The molecule has 0 aliphatic rings. The third kappa shape index (κ3) is 6.51. The van der Waals surface area contributed by atoms with Crippen molar-refractivity contribution in [3.8, 4) is 11.8 Å². The zero-order valence-corrected chi connectivity index (χ0v) is 19.4. The van der Waals surface area contributed by atoms with Crippen molar-refractivity contribution in [2.24, 2.45) is 0 Å². The first-order valence-corrected chi connectivity index (χ1v) is 10.8. The highest BCUT2D eigenvalue weighted by Crippen LogP contribution is 2.35. The summed E-state index contributed by atoms with van der Waals surface area (Å²) in [5, 5.41) is 12.3. The number of rotatable bonds is 7. The van der Waals surface area contributed by atoms with Crippen molar-refractivity contribution in [2.75, 3.05) is 0 Å². The average Bonchev–Trinajstić information content (AvgIpc) is 2.75. The van der Waals surface area contributed by atoms with Crippen LogP contribution in [0.2, 0.25) is 0 Å². The first kappa shape index (κ1) is 22.7. The molecule has 0 atom stereocenters. The lowest BCUT2D eigenvalue weighted by molar-refractivity contribution is -0.117. The third-order valence-corrected chi connectivity index (χ3v) is 5.32. The van der Waals surface area contributed by atoms with Crippen molar-refractivity contribution in [3.63, 3.8) is 0 Å². The Hall–Kier alpha value is -2.95. The molecule has 1 N–H and O–H groups in total.